The van der Waals surface area contributed by atoms with Crippen LogP contribution in [0.4, 0.5) is 5.69 Å². The molecule has 0 bridgehead atoms. The third-order valence-corrected chi connectivity index (χ3v) is 5.58. The summed E-state index contributed by atoms with van der Waals surface area (Å²) in [6, 6.07) is 24.1. The fourth-order valence-corrected chi connectivity index (χ4v) is 4.17. The zero-order valence-electron chi connectivity index (χ0n) is 14.9. The highest BCUT2D eigenvalue weighted by Gasteiger charge is 2.17. The second-order valence-corrected chi connectivity index (χ2v) is 7.61. The van der Waals surface area contributed by atoms with E-state index in [1.165, 1.54) is 11.3 Å². The molecule has 0 amide bonds. The van der Waals surface area contributed by atoms with Gasteiger partial charge in [0, 0.05) is 10.9 Å². The summed E-state index contributed by atoms with van der Waals surface area (Å²) >= 11 is 13.9. The quantitative estimate of drug-likeness (QED) is 0.420. The first-order chi connectivity index (χ1) is 13.6. The topological polar surface area (TPSA) is 34.4 Å². The average molecular weight is 505 g/mol. The van der Waals surface area contributed by atoms with Crippen LogP contribution < -0.4 is 21.8 Å². The number of rotatable bonds is 3. The Morgan fingerprint density at radius 2 is 1.41 bits per heavy atom. The molecule has 3 nitrogen and oxygen atoms in total. The van der Waals surface area contributed by atoms with Crippen molar-refractivity contribution >= 4 is 46.1 Å². The summed E-state index contributed by atoms with van der Waals surface area (Å²) in [5, 5.41) is 2.78. The minimum atomic E-state index is -0.164. The molecule has 4 aromatic rings. The number of benzene rings is 3. The molecule has 0 saturated carbocycles. The molecule has 1 heterocycles. The zero-order valence-corrected chi connectivity index (χ0v) is 18.8. The second kappa shape index (κ2) is 9.55. The van der Waals surface area contributed by atoms with Crippen molar-refractivity contribution in [1.29, 1.82) is 0 Å². The number of para-hydroxylation sites is 1. The molecular formula is C22H14BrCl2N2OS-. The van der Waals surface area contributed by atoms with E-state index in [0.717, 1.165) is 11.3 Å². The minimum absolute atomic E-state index is 0. The Balaban J connectivity index is 0.00000240. The largest absolute Gasteiger partial charge is 1.00 e. The molecule has 0 atom stereocenters. The van der Waals surface area contributed by atoms with Gasteiger partial charge in [-0.15, -0.1) is 11.3 Å². The van der Waals surface area contributed by atoms with E-state index in [0.29, 0.717) is 26.1 Å². The van der Waals surface area contributed by atoms with E-state index in [4.69, 9.17) is 23.2 Å². The Morgan fingerprint density at radius 3 is 2.03 bits per heavy atom. The van der Waals surface area contributed by atoms with Crippen molar-refractivity contribution in [1.82, 2.24) is 4.57 Å². The summed E-state index contributed by atoms with van der Waals surface area (Å²) in [5.41, 5.74) is 2.71. The maximum Gasteiger partial charge on any atom is 0.264 e. The Labute approximate surface area is 192 Å². The van der Waals surface area contributed by atoms with Crippen LogP contribution >= 0.6 is 34.5 Å². The molecule has 146 valence electrons. The predicted octanol–water partition coefficient (Wildman–Crippen LogP) is 3.45. The Kier molecular flexibility index (Phi) is 7.09. The van der Waals surface area contributed by atoms with Gasteiger partial charge in [-0.05, 0) is 29.8 Å². The van der Waals surface area contributed by atoms with Crippen molar-refractivity contribution in [3.05, 3.63) is 105 Å². The number of carbonyl (C=O) groups excluding carboxylic acids is 1. The third-order valence-electron chi connectivity index (χ3n) is 4.15. The number of hydrogen-bond acceptors (Lipinski definition) is 3. The number of nitrogens with zero attached hydrogens (tertiary/aromatic N) is 2. The lowest BCUT2D eigenvalue weighted by atomic mass is 10.1. The van der Waals surface area contributed by atoms with E-state index in [9.17, 15) is 4.79 Å². The number of aromatic nitrogens is 1. The van der Waals surface area contributed by atoms with E-state index in [1.54, 1.807) is 34.9 Å². The van der Waals surface area contributed by atoms with Gasteiger partial charge in [-0.2, -0.15) is 0 Å². The minimum Gasteiger partial charge on any atom is -1.00 e. The number of halogens is 3. The van der Waals surface area contributed by atoms with E-state index >= 15 is 0 Å². The summed E-state index contributed by atoms with van der Waals surface area (Å²) in [4.78, 5) is 18.5. The van der Waals surface area contributed by atoms with Crippen molar-refractivity contribution in [3.8, 4) is 11.3 Å². The molecule has 0 spiro atoms. The Bertz CT molecular complexity index is 1180. The van der Waals surface area contributed by atoms with Crippen LogP contribution in [0, 0.1) is 0 Å². The second-order valence-electron chi connectivity index (χ2n) is 5.96. The smallest absolute Gasteiger partial charge is 0.264 e. The van der Waals surface area contributed by atoms with Crippen LogP contribution in [0.5, 0.6) is 0 Å². The standard InChI is InChI=1S/C22H14Cl2N2OS.BrH/c23-17-12-7-13-18(24)20(17)25-22-26(21(27)16-10-5-2-6-11-16)19(14-28-22)15-8-3-1-4-9-15;/h1-14H;1H/p-1. The van der Waals surface area contributed by atoms with Gasteiger partial charge in [-0.25, -0.2) is 4.99 Å². The van der Waals surface area contributed by atoms with Gasteiger partial charge in [-0.1, -0.05) is 77.8 Å². The number of carbonyl (C=O) groups is 1. The highest BCUT2D eigenvalue weighted by Crippen LogP contribution is 2.32. The van der Waals surface area contributed by atoms with Crippen LogP contribution in [-0.4, -0.2) is 10.5 Å². The van der Waals surface area contributed by atoms with Crippen molar-refractivity contribution in [3.63, 3.8) is 0 Å². The maximum atomic E-state index is 13.3. The van der Waals surface area contributed by atoms with Crippen molar-refractivity contribution in [2.75, 3.05) is 0 Å². The molecule has 7 heteroatoms. The highest BCUT2D eigenvalue weighted by molar-refractivity contribution is 7.07. The SMILES string of the molecule is O=C(c1ccccc1)n1c(-c2ccccc2)csc1=Nc1c(Cl)cccc1Cl.[Br-]. The van der Waals surface area contributed by atoms with E-state index in [2.05, 4.69) is 4.99 Å². The van der Waals surface area contributed by atoms with E-state index in [1.807, 2.05) is 53.9 Å². The van der Waals surface area contributed by atoms with Crippen molar-refractivity contribution < 1.29 is 21.8 Å². The molecule has 4 rings (SSSR count). The molecule has 3 aromatic carbocycles. The summed E-state index contributed by atoms with van der Waals surface area (Å²) in [6.07, 6.45) is 0. The van der Waals surface area contributed by atoms with Gasteiger partial charge in [0.05, 0.1) is 15.7 Å². The molecule has 1 aromatic heterocycles. The zero-order chi connectivity index (χ0) is 19.5. The first-order valence-electron chi connectivity index (χ1n) is 8.49. The summed E-state index contributed by atoms with van der Waals surface area (Å²) in [5.74, 6) is -0.164. The number of hydrogen-bond donors (Lipinski definition) is 0. The van der Waals surface area contributed by atoms with Crippen LogP contribution in [0.2, 0.25) is 10.0 Å². The summed E-state index contributed by atoms with van der Waals surface area (Å²) in [6.45, 7) is 0. The van der Waals surface area contributed by atoms with Gasteiger partial charge in [0.15, 0.2) is 4.80 Å². The first kappa shape index (κ1) is 21.5. The third kappa shape index (κ3) is 4.54. The first-order valence-corrected chi connectivity index (χ1v) is 10.1. The Morgan fingerprint density at radius 1 is 0.828 bits per heavy atom. The molecule has 0 radical (unpaired) electrons. The fourth-order valence-electron chi connectivity index (χ4n) is 2.80. The van der Waals surface area contributed by atoms with Crippen LogP contribution in [0.15, 0.2) is 89.2 Å². The van der Waals surface area contributed by atoms with Crippen LogP contribution in [-0.2, 0) is 0 Å². The molecule has 0 aliphatic heterocycles. The molecule has 0 aliphatic carbocycles. The van der Waals surface area contributed by atoms with Crippen LogP contribution in [0.25, 0.3) is 11.3 Å². The fraction of sp³-hybridized carbons (Fsp3) is 0. The lowest BCUT2D eigenvalue weighted by Crippen LogP contribution is -3.00. The van der Waals surface area contributed by atoms with Gasteiger partial charge in [0.2, 0.25) is 0 Å². The lowest BCUT2D eigenvalue weighted by molar-refractivity contribution is -0.0000135. The molecular weight excluding hydrogens is 491 g/mol. The molecule has 0 unspecified atom stereocenters. The van der Waals surface area contributed by atoms with Crippen LogP contribution in [0.3, 0.4) is 0 Å². The molecule has 0 N–H and O–H groups in total. The van der Waals surface area contributed by atoms with Gasteiger partial charge >= 0.3 is 0 Å². The van der Waals surface area contributed by atoms with Gasteiger partial charge in [-0.3, -0.25) is 9.36 Å². The summed E-state index contributed by atoms with van der Waals surface area (Å²) in [7, 11) is 0. The molecule has 0 aliphatic rings. The average Bonchev–Trinajstić information content (AvgIpc) is 3.15. The Hall–Kier alpha value is -2.18. The maximum absolute atomic E-state index is 13.3. The van der Waals surface area contributed by atoms with E-state index in [-0.39, 0.29) is 22.9 Å². The normalized spacial score (nSPS) is 11.2. The van der Waals surface area contributed by atoms with E-state index < -0.39 is 0 Å². The lowest BCUT2D eigenvalue weighted by Gasteiger charge is -2.08. The van der Waals surface area contributed by atoms with Crippen LogP contribution in [0.1, 0.15) is 10.4 Å². The monoisotopic (exact) mass is 503 g/mol. The molecule has 0 fully saturated rings. The van der Waals surface area contributed by atoms with Crippen molar-refractivity contribution in [2.24, 2.45) is 4.99 Å². The van der Waals surface area contributed by atoms with Gasteiger partial charge in [0.25, 0.3) is 5.91 Å². The predicted molar refractivity (Wildman–Crippen MR) is 116 cm³/mol. The number of thiazole rings is 1. The van der Waals surface area contributed by atoms with Crippen molar-refractivity contribution in [2.45, 2.75) is 0 Å². The van der Waals surface area contributed by atoms with Gasteiger partial charge < -0.3 is 17.0 Å². The summed E-state index contributed by atoms with van der Waals surface area (Å²) < 4.78 is 1.61. The highest BCUT2D eigenvalue weighted by atomic mass is 79.9. The molecule has 0 saturated heterocycles. The van der Waals surface area contributed by atoms with Gasteiger partial charge in [0.1, 0.15) is 5.69 Å². The molecule has 29 heavy (non-hydrogen) atoms.